The maximum atomic E-state index is 13.7. The van der Waals surface area contributed by atoms with Gasteiger partial charge in [-0.2, -0.15) is 0 Å². The Morgan fingerprint density at radius 2 is 1.89 bits per heavy atom. The molecule has 4 nitrogen and oxygen atoms in total. The summed E-state index contributed by atoms with van der Waals surface area (Å²) in [5.41, 5.74) is 3.57. The number of ether oxygens (including phenoxy) is 1. The minimum atomic E-state index is -1.76. The average molecular weight is 277 g/mol. The molecule has 0 unspecified atom stereocenters. The fourth-order valence-electron chi connectivity index (χ4n) is 1.64. The van der Waals surface area contributed by atoms with Crippen LogP contribution in [-0.2, 0) is 9.53 Å². The van der Waals surface area contributed by atoms with Crippen molar-refractivity contribution < 1.29 is 27.8 Å². The lowest BCUT2D eigenvalue weighted by Crippen LogP contribution is -2.38. The van der Waals surface area contributed by atoms with Gasteiger partial charge in [-0.1, -0.05) is 0 Å². The number of nitrogens with two attached hydrogens (primary N) is 1. The summed E-state index contributed by atoms with van der Waals surface area (Å²) in [6, 6.07) is -1.00. The number of hydrogen-bond donors (Lipinski definition) is 2. The van der Waals surface area contributed by atoms with Gasteiger partial charge in [0.15, 0.2) is 17.5 Å². The van der Waals surface area contributed by atoms with Crippen LogP contribution in [0.1, 0.15) is 25.5 Å². The van der Waals surface area contributed by atoms with Crippen molar-refractivity contribution in [1.29, 1.82) is 0 Å². The second-order valence-electron chi connectivity index (χ2n) is 4.61. The molecule has 0 fully saturated rings. The van der Waals surface area contributed by atoms with Crippen LogP contribution in [0.25, 0.3) is 0 Å². The van der Waals surface area contributed by atoms with E-state index in [1.54, 1.807) is 0 Å². The molecule has 0 aromatic heterocycles. The number of phenols is 1. The van der Waals surface area contributed by atoms with Gasteiger partial charge in [0.2, 0.25) is 0 Å². The predicted octanol–water partition coefficient (Wildman–Crippen LogP) is 2.01. The number of phenolic OH excluding ortho intramolecular Hbond substituents is 1. The van der Waals surface area contributed by atoms with Crippen molar-refractivity contribution in [1.82, 2.24) is 0 Å². The van der Waals surface area contributed by atoms with E-state index in [0.29, 0.717) is 6.07 Å². The van der Waals surface area contributed by atoms with Crippen LogP contribution in [0.2, 0.25) is 0 Å². The van der Waals surface area contributed by atoms with Crippen LogP contribution in [-0.4, -0.2) is 18.2 Å². The molecule has 3 N–H and O–H groups in total. The molecule has 0 heterocycles. The second-order valence-corrected chi connectivity index (χ2v) is 4.61. The van der Waals surface area contributed by atoms with E-state index in [-0.39, 0.29) is 0 Å². The van der Waals surface area contributed by atoms with E-state index < -0.39 is 46.2 Å². The van der Waals surface area contributed by atoms with Gasteiger partial charge in [0.25, 0.3) is 0 Å². The van der Waals surface area contributed by atoms with Crippen molar-refractivity contribution >= 4 is 5.97 Å². The zero-order chi connectivity index (χ0) is 15.0. The third-order valence-corrected chi connectivity index (χ3v) is 2.98. The van der Waals surface area contributed by atoms with Crippen LogP contribution in [0.3, 0.4) is 0 Å². The highest BCUT2D eigenvalue weighted by molar-refractivity contribution is 5.77. The monoisotopic (exact) mass is 277 g/mol. The summed E-state index contributed by atoms with van der Waals surface area (Å²) in [4.78, 5) is 11.5. The molecule has 0 saturated heterocycles. The molecule has 0 aliphatic carbocycles. The van der Waals surface area contributed by atoms with Crippen molar-refractivity contribution in [2.75, 3.05) is 7.11 Å². The van der Waals surface area contributed by atoms with Gasteiger partial charge in [0.05, 0.1) is 24.1 Å². The molecule has 7 heteroatoms. The number of carbonyl (C=O) groups excluding carboxylic acids is 1. The number of hydrogen-bond acceptors (Lipinski definition) is 4. The Bertz CT molecular complexity index is 517. The van der Waals surface area contributed by atoms with Gasteiger partial charge in [-0.3, -0.25) is 4.79 Å². The van der Waals surface area contributed by atoms with Crippen LogP contribution < -0.4 is 5.73 Å². The molecule has 1 aromatic carbocycles. The van der Waals surface area contributed by atoms with E-state index in [9.17, 15) is 23.1 Å². The first-order chi connectivity index (χ1) is 8.64. The zero-order valence-electron chi connectivity index (χ0n) is 10.6. The van der Waals surface area contributed by atoms with Gasteiger partial charge < -0.3 is 15.6 Å². The maximum Gasteiger partial charge on any atom is 0.313 e. The fraction of sp³-hybridized carbons (Fsp3) is 0.417. The molecule has 0 radical (unpaired) electrons. The summed E-state index contributed by atoms with van der Waals surface area (Å²) in [5, 5.41) is 9.51. The molecule has 19 heavy (non-hydrogen) atoms. The van der Waals surface area contributed by atoms with E-state index in [1.807, 2.05) is 0 Å². The van der Waals surface area contributed by atoms with Crippen molar-refractivity contribution in [2.45, 2.75) is 19.9 Å². The minimum absolute atomic E-state index is 0.404. The van der Waals surface area contributed by atoms with Gasteiger partial charge in [-0.15, -0.1) is 0 Å². The Balaban J connectivity index is 3.39. The lowest BCUT2D eigenvalue weighted by atomic mass is 9.80. The summed E-state index contributed by atoms with van der Waals surface area (Å²) in [5.74, 6) is -6.56. The molecule has 0 amide bonds. The lowest BCUT2D eigenvalue weighted by molar-refractivity contribution is -0.152. The Labute approximate surface area is 108 Å². The summed E-state index contributed by atoms with van der Waals surface area (Å²) in [6.07, 6.45) is 0. The number of esters is 1. The smallest absolute Gasteiger partial charge is 0.313 e. The normalized spacial score (nSPS) is 13.2. The third-order valence-electron chi connectivity index (χ3n) is 2.98. The van der Waals surface area contributed by atoms with Crippen LogP contribution >= 0.6 is 0 Å². The first-order valence-corrected chi connectivity index (χ1v) is 5.35. The van der Waals surface area contributed by atoms with Crippen molar-refractivity contribution in [2.24, 2.45) is 11.1 Å². The van der Waals surface area contributed by atoms with Crippen LogP contribution in [0.15, 0.2) is 6.07 Å². The minimum Gasteiger partial charge on any atom is -0.507 e. The maximum absolute atomic E-state index is 13.7. The summed E-state index contributed by atoms with van der Waals surface area (Å²) >= 11 is 0. The van der Waals surface area contributed by atoms with E-state index in [0.717, 1.165) is 7.11 Å². The van der Waals surface area contributed by atoms with E-state index >= 15 is 0 Å². The molecule has 0 aliphatic rings. The second kappa shape index (κ2) is 5.08. The van der Waals surface area contributed by atoms with Crippen LogP contribution in [0, 0.1) is 22.9 Å². The summed E-state index contributed by atoms with van der Waals surface area (Å²) in [6.45, 7) is 2.67. The predicted molar refractivity (Wildman–Crippen MR) is 60.7 cm³/mol. The average Bonchev–Trinajstić information content (AvgIpc) is 2.34. The van der Waals surface area contributed by atoms with E-state index in [1.165, 1.54) is 13.8 Å². The molecule has 1 atom stereocenters. The van der Waals surface area contributed by atoms with Gasteiger partial charge >= 0.3 is 5.97 Å². The third kappa shape index (κ3) is 2.51. The van der Waals surface area contributed by atoms with Crippen LogP contribution in [0.5, 0.6) is 5.75 Å². The molecular formula is C12H14F3NO3. The highest BCUT2D eigenvalue weighted by atomic mass is 19.2. The van der Waals surface area contributed by atoms with E-state index in [4.69, 9.17) is 5.73 Å². The molecule has 0 bridgehead atoms. The largest absolute Gasteiger partial charge is 0.507 e. The highest BCUT2D eigenvalue weighted by Crippen LogP contribution is 2.39. The quantitative estimate of drug-likeness (QED) is 0.655. The Hall–Kier alpha value is -1.76. The molecule has 106 valence electrons. The molecular weight excluding hydrogens is 263 g/mol. The first kappa shape index (κ1) is 15.3. The van der Waals surface area contributed by atoms with Crippen molar-refractivity contribution in [3.63, 3.8) is 0 Å². The first-order valence-electron chi connectivity index (χ1n) is 5.35. The number of aromatic hydroxyl groups is 1. The topological polar surface area (TPSA) is 72.5 Å². The van der Waals surface area contributed by atoms with Gasteiger partial charge in [0.1, 0.15) is 5.75 Å². The molecule has 0 saturated carbocycles. The van der Waals surface area contributed by atoms with Crippen LogP contribution in [0.4, 0.5) is 13.2 Å². The number of rotatable bonds is 3. The summed E-state index contributed by atoms with van der Waals surface area (Å²) in [7, 11) is 1.11. The number of carbonyl (C=O) groups is 1. The lowest BCUT2D eigenvalue weighted by Gasteiger charge is -2.29. The number of benzene rings is 1. The Morgan fingerprint density at radius 3 is 2.37 bits per heavy atom. The molecule has 1 aromatic rings. The summed E-state index contributed by atoms with van der Waals surface area (Å²) < 4.78 is 44.2. The molecule has 0 spiro atoms. The standard InChI is InChI=1S/C12H14F3NO3/c1-12(2,11(18)19-3)10(16)7-6(17)4-5(13)8(14)9(7)15/h4,10,17H,16H2,1-3H3/t10-/m0/s1. The highest BCUT2D eigenvalue weighted by Gasteiger charge is 2.40. The Morgan fingerprint density at radius 1 is 1.37 bits per heavy atom. The van der Waals surface area contributed by atoms with Gasteiger partial charge in [-0.05, 0) is 13.8 Å². The fourth-order valence-corrected chi connectivity index (χ4v) is 1.64. The number of halogens is 3. The van der Waals surface area contributed by atoms with Gasteiger partial charge in [-0.25, -0.2) is 13.2 Å². The zero-order valence-corrected chi connectivity index (χ0v) is 10.6. The number of methoxy groups -OCH3 is 1. The molecule has 1 rings (SSSR count). The SMILES string of the molecule is COC(=O)C(C)(C)[C@@H](N)c1c(O)cc(F)c(F)c1F. The molecule has 0 aliphatic heterocycles. The van der Waals surface area contributed by atoms with Gasteiger partial charge in [0, 0.05) is 6.07 Å². The van der Waals surface area contributed by atoms with Crippen molar-refractivity contribution in [3.8, 4) is 5.75 Å². The Kier molecular flexibility index (Phi) is 4.09. The van der Waals surface area contributed by atoms with E-state index in [2.05, 4.69) is 4.74 Å². The van der Waals surface area contributed by atoms with Crippen molar-refractivity contribution in [3.05, 3.63) is 29.1 Å².